The monoisotopic (exact) mass is 513 g/mol. The summed E-state index contributed by atoms with van der Waals surface area (Å²) in [6.45, 7) is 2.88. The van der Waals surface area contributed by atoms with E-state index in [1.54, 1.807) is 23.1 Å². The Hall–Kier alpha value is -3.37. The van der Waals surface area contributed by atoms with Gasteiger partial charge in [-0.05, 0) is 29.7 Å². The van der Waals surface area contributed by atoms with Crippen molar-refractivity contribution in [3.63, 3.8) is 0 Å². The molecule has 3 aliphatic heterocycles. The number of carboxylic acid groups (broad SMARTS) is 1. The van der Waals surface area contributed by atoms with E-state index in [-0.39, 0.29) is 38.6 Å². The number of amides is 2. The van der Waals surface area contributed by atoms with Crippen LogP contribution in [0.1, 0.15) is 27.9 Å². The molecule has 0 saturated carbocycles. The van der Waals surface area contributed by atoms with E-state index in [0.717, 1.165) is 24.4 Å². The number of hydrogen-bond acceptors (Lipinski definition) is 6. The van der Waals surface area contributed by atoms with E-state index in [4.69, 9.17) is 14.6 Å². The molecular weight excluding hydrogens is 481 g/mol. The summed E-state index contributed by atoms with van der Waals surface area (Å²) in [5, 5.41) is 19.8. The van der Waals surface area contributed by atoms with Crippen molar-refractivity contribution in [1.82, 2.24) is 14.7 Å². The number of ether oxygens (including phenoxy) is 2. The number of carbonyl (C=O) groups excluding carboxylic acids is 1. The van der Waals surface area contributed by atoms with Crippen molar-refractivity contribution in [2.24, 2.45) is 0 Å². The highest BCUT2D eigenvalue weighted by molar-refractivity contribution is 5.97. The Morgan fingerprint density at radius 1 is 1.14 bits per heavy atom. The fraction of sp³-hybridized carbons (Fsp3) is 0.481. The summed E-state index contributed by atoms with van der Waals surface area (Å²) in [5.41, 5.74) is 2.99. The van der Waals surface area contributed by atoms with E-state index < -0.39 is 24.5 Å². The smallest absolute Gasteiger partial charge is 0.407 e. The highest BCUT2D eigenvalue weighted by atomic mass is 19.1. The molecule has 5 rings (SSSR count). The third-order valence-corrected chi connectivity index (χ3v) is 7.24. The van der Waals surface area contributed by atoms with Gasteiger partial charge < -0.3 is 29.5 Å². The van der Waals surface area contributed by atoms with Crippen molar-refractivity contribution >= 4 is 12.0 Å². The standard InChI is InChI=1S/C27H32FN3O6/c28-23-17-31(27(34)35)10-8-24(23)37-21-5-6-22-25(13-21)36-12-11-30(26(22)33)16-20(32)15-29-9-7-18-3-1-2-4-19(18)14-29/h1-6,13,20,23-24,32H,7-12,14-17H2,(H,34,35)/t20-,23?,24?/m1/s1. The van der Waals surface area contributed by atoms with Gasteiger partial charge in [0.1, 0.15) is 24.2 Å². The molecule has 0 aromatic heterocycles. The minimum absolute atomic E-state index is 0.196. The molecule has 9 nitrogen and oxygen atoms in total. The summed E-state index contributed by atoms with van der Waals surface area (Å²) in [6.07, 6.45) is -2.89. The zero-order chi connectivity index (χ0) is 25.9. The molecule has 2 aromatic carbocycles. The normalized spacial score (nSPS) is 22.9. The Morgan fingerprint density at radius 3 is 2.73 bits per heavy atom. The van der Waals surface area contributed by atoms with Crippen LogP contribution in [-0.4, -0.2) is 101 Å². The Kier molecular flexibility index (Phi) is 7.48. The van der Waals surface area contributed by atoms with Crippen molar-refractivity contribution in [3.05, 3.63) is 59.2 Å². The van der Waals surface area contributed by atoms with Gasteiger partial charge in [-0.3, -0.25) is 9.69 Å². The maximum absolute atomic E-state index is 14.5. The SMILES string of the molecule is O=C(O)N1CCC(Oc2ccc3c(c2)OCCN(C[C@H](O)CN2CCc4ccccc4C2)C3=O)C(F)C1. The van der Waals surface area contributed by atoms with Crippen molar-refractivity contribution in [2.75, 3.05) is 45.9 Å². The van der Waals surface area contributed by atoms with Gasteiger partial charge in [-0.25, -0.2) is 9.18 Å². The van der Waals surface area contributed by atoms with Gasteiger partial charge in [0.25, 0.3) is 5.91 Å². The zero-order valence-electron chi connectivity index (χ0n) is 20.6. The quantitative estimate of drug-likeness (QED) is 0.612. The van der Waals surface area contributed by atoms with Crippen LogP contribution in [0, 0.1) is 0 Å². The highest BCUT2D eigenvalue weighted by Crippen LogP contribution is 2.30. The summed E-state index contributed by atoms with van der Waals surface area (Å²) in [5.74, 6) is 0.479. The Labute approximate surface area is 215 Å². The van der Waals surface area contributed by atoms with Crippen LogP contribution in [0.3, 0.4) is 0 Å². The van der Waals surface area contributed by atoms with Gasteiger partial charge >= 0.3 is 6.09 Å². The predicted molar refractivity (Wildman–Crippen MR) is 133 cm³/mol. The second kappa shape index (κ2) is 10.9. The van der Waals surface area contributed by atoms with Crippen molar-refractivity contribution in [1.29, 1.82) is 0 Å². The van der Waals surface area contributed by atoms with E-state index in [1.165, 1.54) is 11.1 Å². The number of benzene rings is 2. The van der Waals surface area contributed by atoms with Crippen molar-refractivity contribution in [2.45, 2.75) is 37.8 Å². The minimum atomic E-state index is -1.45. The molecule has 2 aromatic rings. The maximum Gasteiger partial charge on any atom is 0.407 e. The molecule has 10 heteroatoms. The second-order valence-corrected chi connectivity index (χ2v) is 9.85. The van der Waals surface area contributed by atoms with Crippen LogP contribution in [0.15, 0.2) is 42.5 Å². The van der Waals surface area contributed by atoms with E-state index in [1.807, 2.05) is 12.1 Å². The van der Waals surface area contributed by atoms with Gasteiger partial charge in [-0.15, -0.1) is 0 Å². The molecule has 1 fully saturated rings. The van der Waals surface area contributed by atoms with Gasteiger partial charge in [-0.1, -0.05) is 24.3 Å². The number of carbonyl (C=O) groups is 2. The lowest BCUT2D eigenvalue weighted by Gasteiger charge is -2.33. The predicted octanol–water partition coefficient (Wildman–Crippen LogP) is 2.41. The van der Waals surface area contributed by atoms with E-state index in [0.29, 0.717) is 30.2 Å². The summed E-state index contributed by atoms with van der Waals surface area (Å²) in [4.78, 5) is 29.2. The fourth-order valence-corrected chi connectivity index (χ4v) is 5.27. The minimum Gasteiger partial charge on any atom is -0.491 e. The molecule has 2 N–H and O–H groups in total. The topological polar surface area (TPSA) is 103 Å². The summed E-state index contributed by atoms with van der Waals surface area (Å²) >= 11 is 0. The first-order valence-corrected chi connectivity index (χ1v) is 12.7. The molecule has 2 unspecified atom stereocenters. The van der Waals surface area contributed by atoms with Crippen LogP contribution in [0.5, 0.6) is 11.5 Å². The number of nitrogens with zero attached hydrogens (tertiary/aromatic N) is 3. The molecule has 3 aliphatic rings. The Morgan fingerprint density at radius 2 is 1.95 bits per heavy atom. The lowest BCUT2D eigenvalue weighted by Crippen LogP contribution is -2.48. The van der Waals surface area contributed by atoms with Crippen molar-refractivity contribution < 1.29 is 33.7 Å². The number of halogens is 1. The Bertz CT molecular complexity index is 1150. The lowest BCUT2D eigenvalue weighted by molar-refractivity contribution is 0.0248. The van der Waals surface area contributed by atoms with Gasteiger partial charge in [0.2, 0.25) is 0 Å². The molecule has 37 heavy (non-hydrogen) atoms. The molecule has 1 saturated heterocycles. The van der Waals surface area contributed by atoms with Crippen molar-refractivity contribution in [3.8, 4) is 11.5 Å². The average molecular weight is 514 g/mol. The van der Waals surface area contributed by atoms with Gasteiger partial charge in [0.15, 0.2) is 6.17 Å². The second-order valence-electron chi connectivity index (χ2n) is 9.85. The number of aliphatic hydroxyl groups excluding tert-OH is 1. The molecule has 0 bridgehead atoms. The van der Waals surface area contributed by atoms with Gasteiger partial charge in [0.05, 0.1) is 24.8 Å². The maximum atomic E-state index is 14.5. The van der Waals surface area contributed by atoms with E-state index in [9.17, 15) is 19.1 Å². The van der Waals surface area contributed by atoms with Gasteiger partial charge in [0, 0.05) is 45.2 Å². The number of aliphatic hydroxyl groups is 1. The Balaban J connectivity index is 1.18. The van der Waals surface area contributed by atoms with Crippen LogP contribution >= 0.6 is 0 Å². The number of β-amino-alcohol motifs (C(OH)–C–C–N with tert-alkyl or cyclic N) is 1. The van der Waals surface area contributed by atoms with Crippen LogP contribution in [-0.2, 0) is 13.0 Å². The van der Waals surface area contributed by atoms with Crippen LogP contribution in [0.2, 0.25) is 0 Å². The number of piperidine rings is 1. The molecule has 3 heterocycles. The highest BCUT2D eigenvalue weighted by Gasteiger charge is 2.33. The first-order valence-electron chi connectivity index (χ1n) is 12.7. The molecule has 198 valence electrons. The molecule has 3 atom stereocenters. The first kappa shape index (κ1) is 25.3. The number of rotatable bonds is 6. The average Bonchev–Trinajstić information content (AvgIpc) is 3.03. The van der Waals surface area contributed by atoms with E-state index in [2.05, 4.69) is 17.0 Å². The summed E-state index contributed by atoms with van der Waals surface area (Å²) < 4.78 is 26.1. The largest absolute Gasteiger partial charge is 0.491 e. The summed E-state index contributed by atoms with van der Waals surface area (Å²) in [7, 11) is 0. The molecule has 0 spiro atoms. The molecular formula is C27H32FN3O6. The number of likely N-dealkylation sites (tertiary alicyclic amines) is 1. The van der Waals surface area contributed by atoms with Gasteiger partial charge in [-0.2, -0.15) is 0 Å². The third kappa shape index (κ3) is 5.80. The van der Waals surface area contributed by atoms with E-state index >= 15 is 0 Å². The lowest BCUT2D eigenvalue weighted by atomic mass is 10.00. The molecule has 2 amide bonds. The fourth-order valence-electron chi connectivity index (χ4n) is 5.27. The van der Waals surface area contributed by atoms with Crippen LogP contribution in [0.4, 0.5) is 9.18 Å². The zero-order valence-corrected chi connectivity index (χ0v) is 20.6. The molecule has 0 radical (unpaired) electrons. The summed E-state index contributed by atoms with van der Waals surface area (Å²) in [6, 6.07) is 13.1. The number of alkyl halides is 1. The number of hydrogen-bond donors (Lipinski definition) is 2. The first-order chi connectivity index (χ1) is 17.9. The third-order valence-electron chi connectivity index (χ3n) is 7.24. The number of fused-ring (bicyclic) bond motifs is 2. The van der Waals surface area contributed by atoms with Crippen LogP contribution < -0.4 is 9.47 Å². The van der Waals surface area contributed by atoms with Crippen LogP contribution in [0.25, 0.3) is 0 Å². The molecule has 0 aliphatic carbocycles.